The van der Waals surface area contributed by atoms with Crippen molar-refractivity contribution in [3.8, 4) is 5.88 Å². The number of nitrogens with one attached hydrogen (secondary N) is 1. The van der Waals surface area contributed by atoms with Crippen LogP contribution in [0.3, 0.4) is 0 Å². The molecule has 1 aliphatic heterocycles. The molecule has 2 rings (SSSR count). The molecule has 1 aromatic heterocycles. The van der Waals surface area contributed by atoms with E-state index in [2.05, 4.69) is 36.1 Å². The fourth-order valence-corrected chi connectivity index (χ4v) is 2.42. The number of piperidine rings is 1. The number of pyridine rings is 1. The fourth-order valence-electron chi connectivity index (χ4n) is 2.25. The molecule has 0 amide bonds. The molecule has 0 atom stereocenters. The van der Waals surface area contributed by atoms with E-state index in [-0.39, 0.29) is 6.10 Å². The summed E-state index contributed by atoms with van der Waals surface area (Å²) in [5, 5.41) is 4.05. The summed E-state index contributed by atoms with van der Waals surface area (Å²) in [7, 11) is 2.15. The standard InChI is InChI=1S/C15H24ClN3O/c1-11(2)17-9-12-8-15(18-10-14(12)16)20-13-4-6-19(3)7-5-13/h8,10-11,13,17H,4-7,9H2,1-3H3. The maximum Gasteiger partial charge on any atom is 0.213 e. The first-order valence-corrected chi connectivity index (χ1v) is 7.65. The minimum atomic E-state index is 0.269. The van der Waals surface area contributed by atoms with E-state index in [9.17, 15) is 0 Å². The van der Waals surface area contributed by atoms with Gasteiger partial charge in [-0.15, -0.1) is 0 Å². The lowest BCUT2D eigenvalue weighted by Gasteiger charge is -2.29. The molecule has 1 saturated heterocycles. The summed E-state index contributed by atoms with van der Waals surface area (Å²) in [6, 6.07) is 2.38. The summed E-state index contributed by atoms with van der Waals surface area (Å²) in [5.41, 5.74) is 1.04. The second-order valence-electron chi connectivity index (χ2n) is 5.77. The van der Waals surface area contributed by atoms with Gasteiger partial charge in [-0.1, -0.05) is 25.4 Å². The Balaban J connectivity index is 1.96. The zero-order valence-corrected chi connectivity index (χ0v) is 13.3. The van der Waals surface area contributed by atoms with Crippen molar-refractivity contribution in [3.05, 3.63) is 22.8 Å². The zero-order valence-electron chi connectivity index (χ0n) is 12.5. The molecule has 4 nitrogen and oxygen atoms in total. The number of ether oxygens (including phenoxy) is 1. The van der Waals surface area contributed by atoms with Crippen LogP contribution in [0, 0.1) is 0 Å². The van der Waals surface area contributed by atoms with Crippen LogP contribution in [-0.2, 0) is 6.54 Å². The van der Waals surface area contributed by atoms with Gasteiger partial charge in [0.1, 0.15) is 6.10 Å². The number of hydrogen-bond donors (Lipinski definition) is 1. The van der Waals surface area contributed by atoms with Gasteiger partial charge < -0.3 is 15.0 Å². The minimum Gasteiger partial charge on any atom is -0.474 e. The molecule has 1 N–H and O–H groups in total. The molecule has 112 valence electrons. The molecule has 1 aromatic rings. The third-order valence-electron chi connectivity index (χ3n) is 3.56. The highest BCUT2D eigenvalue weighted by Gasteiger charge is 2.18. The number of likely N-dealkylation sites (tertiary alicyclic amines) is 1. The van der Waals surface area contributed by atoms with Crippen LogP contribution in [0.25, 0.3) is 0 Å². The van der Waals surface area contributed by atoms with Crippen LogP contribution in [0.4, 0.5) is 0 Å². The highest BCUT2D eigenvalue weighted by molar-refractivity contribution is 6.31. The Labute approximate surface area is 126 Å². The molecular formula is C15H24ClN3O. The predicted octanol–water partition coefficient (Wildman–Crippen LogP) is 2.71. The lowest BCUT2D eigenvalue weighted by molar-refractivity contribution is 0.110. The van der Waals surface area contributed by atoms with Crippen LogP contribution in [0.1, 0.15) is 32.3 Å². The van der Waals surface area contributed by atoms with Gasteiger partial charge in [0.25, 0.3) is 0 Å². The van der Waals surface area contributed by atoms with E-state index in [0.717, 1.165) is 38.0 Å². The van der Waals surface area contributed by atoms with Crippen LogP contribution >= 0.6 is 11.6 Å². The van der Waals surface area contributed by atoms with Gasteiger partial charge in [-0.05, 0) is 25.5 Å². The minimum absolute atomic E-state index is 0.269. The van der Waals surface area contributed by atoms with Crippen LogP contribution in [0.15, 0.2) is 12.3 Å². The third-order valence-corrected chi connectivity index (χ3v) is 3.90. The molecule has 0 aliphatic carbocycles. The second kappa shape index (κ2) is 7.25. The van der Waals surface area contributed by atoms with E-state index in [1.54, 1.807) is 6.20 Å². The molecule has 0 unspecified atom stereocenters. The van der Waals surface area contributed by atoms with Crippen LogP contribution < -0.4 is 10.1 Å². The normalized spacial score (nSPS) is 17.6. The lowest BCUT2D eigenvalue weighted by Crippen LogP contribution is -2.35. The number of hydrogen-bond acceptors (Lipinski definition) is 4. The Bertz CT molecular complexity index is 431. The molecule has 0 spiro atoms. The highest BCUT2D eigenvalue weighted by Crippen LogP contribution is 2.22. The zero-order chi connectivity index (χ0) is 14.5. The van der Waals surface area contributed by atoms with Crippen LogP contribution in [0.2, 0.25) is 5.02 Å². The molecule has 0 aromatic carbocycles. The van der Waals surface area contributed by atoms with E-state index in [1.165, 1.54) is 0 Å². The average Bonchev–Trinajstić information content (AvgIpc) is 2.42. The van der Waals surface area contributed by atoms with Gasteiger partial charge in [0.05, 0.1) is 5.02 Å². The number of rotatable bonds is 5. The van der Waals surface area contributed by atoms with E-state index in [0.29, 0.717) is 16.9 Å². The SMILES string of the molecule is CC(C)NCc1cc(OC2CCN(C)CC2)ncc1Cl. The van der Waals surface area contributed by atoms with Gasteiger partial charge >= 0.3 is 0 Å². The summed E-state index contributed by atoms with van der Waals surface area (Å²) < 4.78 is 5.98. The van der Waals surface area contributed by atoms with Crippen molar-refractivity contribution in [1.82, 2.24) is 15.2 Å². The molecule has 0 bridgehead atoms. The predicted molar refractivity (Wildman–Crippen MR) is 82.4 cm³/mol. The Morgan fingerprint density at radius 3 is 2.80 bits per heavy atom. The van der Waals surface area contributed by atoms with Crippen LogP contribution in [0.5, 0.6) is 5.88 Å². The molecule has 1 fully saturated rings. The van der Waals surface area contributed by atoms with Gasteiger partial charge in [-0.2, -0.15) is 0 Å². The third kappa shape index (κ3) is 4.62. The number of halogens is 1. The van der Waals surface area contributed by atoms with Crippen LogP contribution in [-0.4, -0.2) is 42.2 Å². The molecule has 1 aliphatic rings. The first-order chi connectivity index (χ1) is 9.54. The van der Waals surface area contributed by atoms with Crippen molar-refractivity contribution in [2.24, 2.45) is 0 Å². The molecule has 2 heterocycles. The smallest absolute Gasteiger partial charge is 0.213 e. The van der Waals surface area contributed by atoms with Crippen molar-refractivity contribution in [2.45, 2.75) is 45.4 Å². The van der Waals surface area contributed by atoms with Gasteiger partial charge in [0, 0.05) is 37.9 Å². The van der Waals surface area contributed by atoms with E-state index >= 15 is 0 Å². The summed E-state index contributed by atoms with van der Waals surface area (Å²) in [4.78, 5) is 6.61. The Morgan fingerprint density at radius 2 is 2.15 bits per heavy atom. The molecule has 0 radical (unpaired) electrons. The second-order valence-corrected chi connectivity index (χ2v) is 6.18. The van der Waals surface area contributed by atoms with Crippen molar-refractivity contribution < 1.29 is 4.74 Å². The van der Waals surface area contributed by atoms with Crippen molar-refractivity contribution >= 4 is 11.6 Å². The average molecular weight is 298 g/mol. The summed E-state index contributed by atoms with van der Waals surface area (Å²) >= 11 is 6.18. The first-order valence-electron chi connectivity index (χ1n) is 7.27. The van der Waals surface area contributed by atoms with Crippen molar-refractivity contribution in [3.63, 3.8) is 0 Å². The van der Waals surface area contributed by atoms with Crippen molar-refractivity contribution in [2.75, 3.05) is 20.1 Å². The van der Waals surface area contributed by atoms with Crippen molar-refractivity contribution in [1.29, 1.82) is 0 Å². The highest BCUT2D eigenvalue weighted by atomic mass is 35.5. The summed E-state index contributed by atoms with van der Waals surface area (Å²) in [6.07, 6.45) is 4.06. The molecule has 20 heavy (non-hydrogen) atoms. The maximum atomic E-state index is 6.18. The lowest BCUT2D eigenvalue weighted by atomic mass is 10.1. The first kappa shape index (κ1) is 15.5. The molecule has 5 heteroatoms. The number of nitrogens with zero attached hydrogens (tertiary/aromatic N) is 2. The number of aromatic nitrogens is 1. The summed E-state index contributed by atoms with van der Waals surface area (Å²) in [6.45, 7) is 7.14. The Morgan fingerprint density at radius 1 is 1.45 bits per heavy atom. The van der Waals surface area contributed by atoms with Gasteiger partial charge in [0.2, 0.25) is 5.88 Å². The van der Waals surface area contributed by atoms with E-state index < -0.39 is 0 Å². The summed E-state index contributed by atoms with van der Waals surface area (Å²) in [5.74, 6) is 0.685. The topological polar surface area (TPSA) is 37.4 Å². The largest absolute Gasteiger partial charge is 0.474 e. The van der Waals surface area contributed by atoms with E-state index in [4.69, 9.17) is 16.3 Å². The Hall–Kier alpha value is -0.840. The molecule has 0 saturated carbocycles. The monoisotopic (exact) mass is 297 g/mol. The molecular weight excluding hydrogens is 274 g/mol. The quantitative estimate of drug-likeness (QED) is 0.907. The van der Waals surface area contributed by atoms with Gasteiger partial charge in [-0.3, -0.25) is 0 Å². The maximum absolute atomic E-state index is 6.18. The van der Waals surface area contributed by atoms with E-state index in [1.807, 2.05) is 6.07 Å². The fraction of sp³-hybridized carbons (Fsp3) is 0.667. The Kier molecular flexibility index (Phi) is 5.64. The van der Waals surface area contributed by atoms with Gasteiger partial charge in [-0.25, -0.2) is 4.98 Å². The van der Waals surface area contributed by atoms with Gasteiger partial charge in [0.15, 0.2) is 0 Å².